The summed E-state index contributed by atoms with van der Waals surface area (Å²) < 4.78 is 6.14. The minimum Gasteiger partial charge on any atom is -0.459 e. The van der Waals surface area contributed by atoms with Crippen molar-refractivity contribution in [2.24, 2.45) is 52.3 Å². The van der Waals surface area contributed by atoms with E-state index in [-0.39, 0.29) is 17.5 Å². The van der Waals surface area contributed by atoms with Crippen molar-refractivity contribution in [1.29, 1.82) is 0 Å². The first-order valence-corrected chi connectivity index (χ1v) is 17.7. The van der Waals surface area contributed by atoms with Crippen LogP contribution >= 0.6 is 0 Å². The number of carbonyl (C=O) groups is 1. The average Bonchev–Trinajstić information content (AvgIpc) is 3.38. The van der Waals surface area contributed by atoms with Gasteiger partial charge in [-0.15, -0.1) is 0 Å². The van der Waals surface area contributed by atoms with Crippen LogP contribution in [0.1, 0.15) is 115 Å². The molecule has 4 aliphatic rings. The number of allylic oxidation sites excluding steroid dienone is 2. The summed E-state index contributed by atoms with van der Waals surface area (Å²) in [6, 6.07) is 20.0. The van der Waals surface area contributed by atoms with Crippen LogP contribution in [0.4, 0.5) is 0 Å². The Bertz CT molecular complexity index is 1380. The fourth-order valence-electron chi connectivity index (χ4n) is 10.4. The highest BCUT2D eigenvalue weighted by atomic mass is 16.5. The van der Waals surface area contributed by atoms with Gasteiger partial charge in [0.25, 0.3) is 0 Å². The molecule has 2 heteroatoms. The Balaban J connectivity index is 1.29. The summed E-state index contributed by atoms with van der Waals surface area (Å²) in [5.41, 5.74) is 3.77. The highest BCUT2D eigenvalue weighted by molar-refractivity contribution is 5.89. The molecule has 0 saturated heterocycles. The second-order valence-corrected chi connectivity index (χ2v) is 15.8. The van der Waals surface area contributed by atoms with Gasteiger partial charge in [0.15, 0.2) is 0 Å². The molecule has 0 N–H and O–H groups in total. The third-order valence-electron chi connectivity index (χ3n) is 12.8. The molecule has 0 aromatic heterocycles. The molecule has 0 unspecified atom stereocenters. The highest BCUT2D eigenvalue weighted by Crippen LogP contribution is 2.68. The Morgan fingerprint density at radius 3 is 2.25 bits per heavy atom. The second-order valence-electron chi connectivity index (χ2n) is 15.8. The van der Waals surface area contributed by atoms with Crippen molar-refractivity contribution >= 4 is 5.97 Å². The minimum atomic E-state index is -0.186. The molecule has 2 aromatic carbocycles. The normalized spacial score (nSPS) is 34.9. The van der Waals surface area contributed by atoms with Crippen molar-refractivity contribution in [2.75, 3.05) is 0 Å². The molecule has 0 bridgehead atoms. The Hall–Kier alpha value is -2.79. The van der Waals surface area contributed by atoms with Gasteiger partial charge >= 0.3 is 5.97 Å². The first-order chi connectivity index (χ1) is 21.2. The molecule has 3 saturated carbocycles. The minimum absolute atomic E-state index is 0.0340. The van der Waals surface area contributed by atoms with Gasteiger partial charge in [0, 0.05) is 11.1 Å². The topological polar surface area (TPSA) is 26.3 Å². The van der Waals surface area contributed by atoms with Crippen LogP contribution in [0.15, 0.2) is 72.3 Å². The molecule has 6 rings (SSSR count). The van der Waals surface area contributed by atoms with Gasteiger partial charge in [-0.05, 0) is 121 Å². The van der Waals surface area contributed by atoms with E-state index in [1.807, 2.05) is 30.3 Å². The van der Waals surface area contributed by atoms with E-state index in [0.717, 1.165) is 42.6 Å². The van der Waals surface area contributed by atoms with Crippen molar-refractivity contribution < 1.29 is 9.53 Å². The van der Waals surface area contributed by atoms with E-state index in [0.29, 0.717) is 34.7 Å². The molecule has 44 heavy (non-hydrogen) atoms. The van der Waals surface area contributed by atoms with Crippen LogP contribution < -0.4 is 0 Å². The number of ether oxygens (including phenoxy) is 1. The largest absolute Gasteiger partial charge is 0.459 e. The van der Waals surface area contributed by atoms with Gasteiger partial charge in [-0.2, -0.15) is 0 Å². The Kier molecular flexibility index (Phi) is 9.15. The zero-order valence-corrected chi connectivity index (χ0v) is 27.9. The summed E-state index contributed by atoms with van der Waals surface area (Å²) in [6.07, 6.45) is 15.0. The van der Waals surface area contributed by atoms with E-state index < -0.39 is 0 Å². The lowest BCUT2D eigenvalue weighted by molar-refractivity contribution is -0.0869. The highest BCUT2D eigenvalue weighted by Gasteiger charge is 2.61. The van der Waals surface area contributed by atoms with E-state index in [2.05, 4.69) is 82.9 Å². The van der Waals surface area contributed by atoms with Crippen LogP contribution in [-0.4, -0.2) is 12.1 Å². The third-order valence-corrected chi connectivity index (χ3v) is 12.8. The van der Waals surface area contributed by atoms with Crippen molar-refractivity contribution in [2.45, 2.75) is 105 Å². The number of esters is 1. The van der Waals surface area contributed by atoms with E-state index in [1.54, 1.807) is 0 Å². The number of fused-ring (bicyclic) bond motifs is 5. The lowest BCUT2D eigenvalue weighted by Crippen LogP contribution is -2.54. The fourth-order valence-corrected chi connectivity index (χ4v) is 10.4. The standard InChI is InChI=1S/C42H54O2/c1-29(2)13-12-14-30(3)36-21-22-37-39-33(20-19-31-15-8-6-9-16-31)27-34-28-35(44-40(43)32-17-10-7-11-18-32)23-25-41(34,4)38(39)24-26-42(36,37)5/h6-11,15-18,27,29-30,34-39H,12-14,21-26,28H2,1-5H3/t30-,34-,35-,36-,37+,38+,39+,41-,42-/m0/s1. The third kappa shape index (κ3) is 6.06. The first-order valence-electron chi connectivity index (χ1n) is 17.7. The lowest BCUT2D eigenvalue weighted by Gasteiger charge is -2.60. The lowest BCUT2D eigenvalue weighted by atomic mass is 9.44. The van der Waals surface area contributed by atoms with Crippen LogP contribution in [0.25, 0.3) is 0 Å². The summed E-state index contributed by atoms with van der Waals surface area (Å²) in [6.45, 7) is 12.5. The first kappa shape index (κ1) is 31.2. The van der Waals surface area contributed by atoms with Crippen LogP contribution in [0.2, 0.25) is 0 Å². The SMILES string of the molecule is CC(C)CCC[C@H](C)[C@@H]1CC[C@@H]2[C@H]3C(C#Cc4ccccc4)=C[C@H]4C[C@@H](OC(=O)c5ccccc5)CC[C@]4(C)[C@@H]3CC[C@]21C. The van der Waals surface area contributed by atoms with Gasteiger partial charge in [0.05, 0.1) is 5.56 Å². The number of carbonyl (C=O) groups excluding carboxylic acids is 1. The van der Waals surface area contributed by atoms with Crippen molar-refractivity contribution in [3.63, 3.8) is 0 Å². The van der Waals surface area contributed by atoms with E-state index >= 15 is 0 Å². The van der Waals surface area contributed by atoms with Gasteiger partial charge in [0.2, 0.25) is 0 Å². The summed E-state index contributed by atoms with van der Waals surface area (Å²) in [5, 5.41) is 0. The maximum absolute atomic E-state index is 13.0. The number of hydrogen-bond acceptors (Lipinski definition) is 2. The van der Waals surface area contributed by atoms with E-state index in [1.165, 1.54) is 50.5 Å². The van der Waals surface area contributed by atoms with Crippen LogP contribution in [-0.2, 0) is 4.74 Å². The van der Waals surface area contributed by atoms with Crippen LogP contribution in [0.5, 0.6) is 0 Å². The Labute approximate surface area is 267 Å². The Morgan fingerprint density at radius 2 is 1.52 bits per heavy atom. The molecule has 4 aliphatic carbocycles. The molecule has 0 heterocycles. The Morgan fingerprint density at radius 1 is 0.841 bits per heavy atom. The van der Waals surface area contributed by atoms with Gasteiger partial charge < -0.3 is 4.74 Å². The van der Waals surface area contributed by atoms with Gasteiger partial charge in [0.1, 0.15) is 6.10 Å². The van der Waals surface area contributed by atoms with Crippen molar-refractivity contribution in [3.8, 4) is 11.8 Å². The maximum Gasteiger partial charge on any atom is 0.338 e. The molecular formula is C42H54O2. The number of hydrogen-bond donors (Lipinski definition) is 0. The molecule has 0 aliphatic heterocycles. The maximum atomic E-state index is 13.0. The van der Waals surface area contributed by atoms with Crippen molar-refractivity contribution in [3.05, 3.63) is 83.4 Å². The zero-order valence-electron chi connectivity index (χ0n) is 27.9. The predicted octanol–water partition coefficient (Wildman–Crippen LogP) is 10.5. The summed E-state index contributed by atoms with van der Waals surface area (Å²) in [5.74, 6) is 11.9. The summed E-state index contributed by atoms with van der Waals surface area (Å²) in [7, 11) is 0. The van der Waals surface area contributed by atoms with Gasteiger partial charge in [-0.1, -0.05) is 108 Å². The predicted molar refractivity (Wildman–Crippen MR) is 181 cm³/mol. The van der Waals surface area contributed by atoms with Crippen molar-refractivity contribution in [1.82, 2.24) is 0 Å². The molecular weight excluding hydrogens is 536 g/mol. The fraction of sp³-hybridized carbons (Fsp3) is 0.595. The summed E-state index contributed by atoms with van der Waals surface area (Å²) >= 11 is 0. The monoisotopic (exact) mass is 590 g/mol. The summed E-state index contributed by atoms with van der Waals surface area (Å²) in [4.78, 5) is 13.0. The molecule has 9 atom stereocenters. The number of rotatable bonds is 7. The molecule has 2 nitrogen and oxygen atoms in total. The smallest absolute Gasteiger partial charge is 0.338 e. The van der Waals surface area contributed by atoms with Crippen LogP contribution in [0, 0.1) is 64.1 Å². The molecule has 0 radical (unpaired) electrons. The van der Waals surface area contributed by atoms with Gasteiger partial charge in [-0.3, -0.25) is 0 Å². The van der Waals surface area contributed by atoms with Crippen LogP contribution in [0.3, 0.4) is 0 Å². The number of benzene rings is 2. The van der Waals surface area contributed by atoms with E-state index in [4.69, 9.17) is 4.74 Å². The average molecular weight is 591 g/mol. The molecule has 234 valence electrons. The quantitative estimate of drug-likeness (QED) is 0.237. The van der Waals surface area contributed by atoms with Gasteiger partial charge in [-0.25, -0.2) is 4.79 Å². The molecule has 0 spiro atoms. The molecule has 2 aromatic rings. The zero-order chi connectivity index (χ0) is 30.9. The molecule has 0 amide bonds. The molecule has 3 fully saturated rings. The van der Waals surface area contributed by atoms with E-state index in [9.17, 15) is 4.79 Å². The second kappa shape index (κ2) is 12.9.